The average molecular weight is 213 g/mol. The minimum Gasteiger partial charge on any atom is -0.258 e. The van der Waals surface area contributed by atoms with Gasteiger partial charge in [-0.05, 0) is 12.0 Å². The van der Waals surface area contributed by atoms with Crippen LogP contribution in [0, 0.1) is 10.1 Å². The highest BCUT2D eigenvalue weighted by Gasteiger charge is 2.01. The van der Waals surface area contributed by atoms with Crippen LogP contribution in [0.25, 0.3) is 0 Å². The minimum atomic E-state index is -0.389. The summed E-state index contributed by atoms with van der Waals surface area (Å²) in [5, 5.41) is 10.2. The van der Waals surface area contributed by atoms with Crippen molar-refractivity contribution in [3.8, 4) is 0 Å². The van der Waals surface area contributed by atoms with Crippen molar-refractivity contribution in [2.24, 2.45) is 0 Å². The summed E-state index contributed by atoms with van der Waals surface area (Å²) < 4.78 is 0. The molecule has 1 aromatic rings. The van der Waals surface area contributed by atoms with Gasteiger partial charge in [0.05, 0.1) is 4.92 Å². The molecule has 0 radical (unpaired) electrons. The van der Waals surface area contributed by atoms with Crippen molar-refractivity contribution in [1.82, 2.24) is 0 Å². The molecule has 1 aromatic carbocycles. The Hall–Kier alpha value is -1.38. The second kappa shape index (κ2) is 10.7. The van der Waals surface area contributed by atoms with E-state index in [4.69, 9.17) is 0 Å². The highest BCUT2D eigenvalue weighted by atomic mass is 16.6. The third-order valence-electron chi connectivity index (χ3n) is 1.56. The topological polar surface area (TPSA) is 43.1 Å². The normalized spacial score (nSPS) is 7.40. The lowest BCUT2D eigenvalue weighted by atomic mass is 10.2. The smallest absolute Gasteiger partial charge is 0.258 e. The SMILES string of the molecule is C.C.CC.CCc1ccc([N+](=O)[O-])cc1. The lowest BCUT2D eigenvalue weighted by Gasteiger charge is -1.93. The lowest BCUT2D eigenvalue weighted by molar-refractivity contribution is -0.384. The third kappa shape index (κ3) is 6.66. The van der Waals surface area contributed by atoms with Crippen LogP contribution < -0.4 is 0 Å². The highest BCUT2D eigenvalue weighted by molar-refractivity contribution is 5.32. The first-order valence-electron chi connectivity index (χ1n) is 4.47. The van der Waals surface area contributed by atoms with E-state index in [-0.39, 0.29) is 25.5 Å². The molecule has 0 aliphatic heterocycles. The molecule has 0 aromatic heterocycles. The largest absolute Gasteiger partial charge is 0.269 e. The number of nitro benzene ring substituents is 1. The van der Waals surface area contributed by atoms with Gasteiger partial charge in [0.2, 0.25) is 0 Å². The Morgan fingerprint density at radius 2 is 1.53 bits per heavy atom. The Morgan fingerprint density at radius 3 is 1.80 bits per heavy atom. The Bertz CT molecular complexity index is 255. The third-order valence-corrected chi connectivity index (χ3v) is 1.56. The summed E-state index contributed by atoms with van der Waals surface area (Å²) in [7, 11) is 0. The van der Waals surface area contributed by atoms with Crippen molar-refractivity contribution >= 4 is 5.69 Å². The summed E-state index contributed by atoms with van der Waals surface area (Å²) in [5.74, 6) is 0. The molecule has 0 saturated carbocycles. The number of aryl methyl sites for hydroxylation is 1. The molecule has 0 bridgehead atoms. The zero-order valence-electron chi connectivity index (χ0n) is 8.28. The monoisotopic (exact) mass is 213 g/mol. The van der Waals surface area contributed by atoms with E-state index in [0.29, 0.717) is 0 Å². The van der Waals surface area contributed by atoms with Gasteiger partial charge in [-0.2, -0.15) is 0 Å². The van der Waals surface area contributed by atoms with E-state index in [0.717, 1.165) is 12.0 Å². The van der Waals surface area contributed by atoms with Crippen molar-refractivity contribution < 1.29 is 4.92 Å². The molecule has 0 unspecified atom stereocenters. The van der Waals surface area contributed by atoms with E-state index in [1.165, 1.54) is 12.1 Å². The predicted octanol–water partition coefficient (Wildman–Crippen LogP) is 4.46. The van der Waals surface area contributed by atoms with Gasteiger partial charge in [0, 0.05) is 12.1 Å². The Balaban J connectivity index is -0.000000339. The van der Waals surface area contributed by atoms with Crippen LogP contribution in [0.4, 0.5) is 5.69 Å². The summed E-state index contributed by atoms with van der Waals surface area (Å²) in [4.78, 5) is 9.82. The second-order valence-electron chi connectivity index (χ2n) is 2.28. The number of nitrogens with zero attached hydrogens (tertiary/aromatic N) is 1. The van der Waals surface area contributed by atoms with Crippen molar-refractivity contribution in [1.29, 1.82) is 0 Å². The molecule has 0 fully saturated rings. The van der Waals surface area contributed by atoms with Gasteiger partial charge < -0.3 is 0 Å². The van der Waals surface area contributed by atoms with E-state index in [1.54, 1.807) is 12.1 Å². The van der Waals surface area contributed by atoms with Crippen LogP contribution in [0.2, 0.25) is 0 Å². The summed E-state index contributed by atoms with van der Waals surface area (Å²) in [5.41, 5.74) is 1.28. The number of rotatable bonds is 2. The van der Waals surface area contributed by atoms with Gasteiger partial charge in [-0.3, -0.25) is 10.1 Å². The fraction of sp³-hybridized carbons (Fsp3) is 0.500. The molecule has 0 atom stereocenters. The van der Waals surface area contributed by atoms with Gasteiger partial charge in [0.25, 0.3) is 5.69 Å². The molecule has 3 heteroatoms. The van der Waals surface area contributed by atoms with Gasteiger partial charge in [-0.1, -0.05) is 47.8 Å². The van der Waals surface area contributed by atoms with Gasteiger partial charge in [-0.25, -0.2) is 0 Å². The molecule has 0 N–H and O–H groups in total. The molecule has 3 nitrogen and oxygen atoms in total. The summed E-state index contributed by atoms with van der Waals surface area (Å²) >= 11 is 0. The predicted molar refractivity (Wildman–Crippen MR) is 67.3 cm³/mol. The average Bonchev–Trinajstić information content (AvgIpc) is 2.21. The van der Waals surface area contributed by atoms with Crippen LogP contribution in [-0.4, -0.2) is 4.92 Å². The zero-order valence-corrected chi connectivity index (χ0v) is 8.28. The first-order chi connectivity index (χ1) is 6.24. The van der Waals surface area contributed by atoms with Crippen molar-refractivity contribution in [2.75, 3.05) is 0 Å². The molecule has 0 saturated heterocycles. The van der Waals surface area contributed by atoms with E-state index in [2.05, 4.69) is 0 Å². The van der Waals surface area contributed by atoms with Crippen molar-refractivity contribution in [3.05, 3.63) is 39.9 Å². The maximum Gasteiger partial charge on any atom is 0.269 e. The lowest BCUT2D eigenvalue weighted by Crippen LogP contribution is -1.87. The molecule has 88 valence electrons. The molecule has 1 rings (SSSR count). The van der Waals surface area contributed by atoms with Gasteiger partial charge in [0.1, 0.15) is 0 Å². The van der Waals surface area contributed by atoms with Crippen LogP contribution in [0.5, 0.6) is 0 Å². The van der Waals surface area contributed by atoms with E-state index in [1.807, 2.05) is 20.8 Å². The summed E-state index contributed by atoms with van der Waals surface area (Å²) in [6, 6.07) is 6.61. The van der Waals surface area contributed by atoms with Gasteiger partial charge >= 0.3 is 0 Å². The first kappa shape index (κ1) is 19.2. The molecule has 0 amide bonds. The highest BCUT2D eigenvalue weighted by Crippen LogP contribution is 2.11. The van der Waals surface area contributed by atoms with E-state index in [9.17, 15) is 10.1 Å². The molecular weight excluding hydrogens is 190 g/mol. The maximum absolute atomic E-state index is 10.2. The fourth-order valence-electron chi connectivity index (χ4n) is 0.853. The van der Waals surface area contributed by atoms with Crippen LogP contribution >= 0.6 is 0 Å². The Kier molecular flexibility index (Phi) is 13.7. The van der Waals surface area contributed by atoms with Crippen molar-refractivity contribution in [3.63, 3.8) is 0 Å². The summed E-state index contributed by atoms with van der Waals surface area (Å²) in [6.07, 6.45) is 0.915. The van der Waals surface area contributed by atoms with E-state index >= 15 is 0 Å². The number of benzene rings is 1. The number of hydrogen-bond donors (Lipinski definition) is 0. The van der Waals surface area contributed by atoms with Crippen LogP contribution in [0.15, 0.2) is 24.3 Å². The molecule has 0 heterocycles. The van der Waals surface area contributed by atoms with Crippen LogP contribution in [0.1, 0.15) is 41.2 Å². The maximum atomic E-state index is 10.2. The Morgan fingerprint density at radius 1 is 1.13 bits per heavy atom. The van der Waals surface area contributed by atoms with Crippen LogP contribution in [0.3, 0.4) is 0 Å². The van der Waals surface area contributed by atoms with E-state index < -0.39 is 0 Å². The number of hydrogen-bond acceptors (Lipinski definition) is 2. The first-order valence-corrected chi connectivity index (χ1v) is 4.47. The standard InChI is InChI=1S/C8H9NO2.C2H6.2CH4/c1-2-7-3-5-8(6-4-7)9(10)11;1-2;;/h3-6H,2H2,1H3;1-2H3;2*1H4. The number of nitro groups is 1. The molecule has 0 aliphatic rings. The van der Waals surface area contributed by atoms with Gasteiger partial charge in [0.15, 0.2) is 0 Å². The molecule has 15 heavy (non-hydrogen) atoms. The van der Waals surface area contributed by atoms with Gasteiger partial charge in [-0.15, -0.1) is 0 Å². The number of non-ortho nitro benzene ring substituents is 1. The quantitative estimate of drug-likeness (QED) is 0.538. The molecular formula is C12H23NO2. The fourth-order valence-corrected chi connectivity index (χ4v) is 0.853. The second-order valence-corrected chi connectivity index (χ2v) is 2.28. The van der Waals surface area contributed by atoms with Crippen molar-refractivity contribution in [2.45, 2.75) is 42.0 Å². The molecule has 0 spiro atoms. The zero-order chi connectivity index (χ0) is 10.3. The molecule has 0 aliphatic carbocycles. The Labute approximate surface area is 93.3 Å². The minimum absolute atomic E-state index is 0. The van der Waals surface area contributed by atoms with Crippen LogP contribution in [-0.2, 0) is 6.42 Å². The summed E-state index contributed by atoms with van der Waals surface area (Å²) in [6.45, 7) is 6.02.